The summed E-state index contributed by atoms with van der Waals surface area (Å²) in [6, 6.07) is 2.82. The van der Waals surface area contributed by atoms with Crippen LogP contribution in [0.3, 0.4) is 0 Å². The van der Waals surface area contributed by atoms with Crippen LogP contribution in [-0.2, 0) is 0 Å². The molecule has 30 heavy (non-hydrogen) atoms. The summed E-state index contributed by atoms with van der Waals surface area (Å²) >= 11 is 3.53. The Hall–Kier alpha value is -2.85. The summed E-state index contributed by atoms with van der Waals surface area (Å²) in [5.74, 6) is -1.59. The molecule has 1 aromatic carbocycles. The second-order valence-corrected chi connectivity index (χ2v) is 6.04. The molecule has 0 aliphatic heterocycles. The minimum Gasteiger partial charge on any atom is -0.398 e. The molecule has 0 aliphatic carbocycles. The lowest BCUT2D eigenvalue weighted by Gasteiger charge is -2.09. The molecule has 0 heterocycles. The molecule has 0 saturated heterocycles. The van der Waals surface area contributed by atoms with Crippen molar-refractivity contribution in [3.63, 3.8) is 0 Å². The molecule has 0 atom stereocenters. The van der Waals surface area contributed by atoms with Gasteiger partial charge in [0.1, 0.15) is 23.3 Å². The number of rotatable bonds is 8. The van der Waals surface area contributed by atoms with Gasteiger partial charge in [-0.1, -0.05) is 13.8 Å². The highest BCUT2D eigenvalue weighted by Gasteiger charge is 2.14. The number of aliphatic hydroxyl groups is 1. The van der Waals surface area contributed by atoms with E-state index in [2.05, 4.69) is 22.6 Å². The number of nitrogens with two attached hydrogens (primary N) is 2. The molecule has 0 aromatic heterocycles. The monoisotopic (exact) mass is 438 g/mol. The Morgan fingerprint density at radius 3 is 2.37 bits per heavy atom. The highest BCUT2D eigenvalue weighted by Crippen LogP contribution is 2.15. The van der Waals surface area contributed by atoms with Crippen molar-refractivity contribution in [2.24, 2.45) is 27.4 Å². The van der Waals surface area contributed by atoms with E-state index in [1.807, 2.05) is 13.8 Å². The predicted molar refractivity (Wildman–Crippen MR) is 123 cm³/mol. The Balaban J connectivity index is 0.00000407. The van der Waals surface area contributed by atoms with Crippen LogP contribution in [0.4, 0.5) is 8.78 Å². The minimum atomic E-state index is -0.920. The van der Waals surface area contributed by atoms with E-state index in [0.717, 1.165) is 12.1 Å². The maximum absolute atomic E-state index is 14.0. The standard InChI is InChI=1S/C19H24F2N6O.CH4S/c1-11(2)19(25)27-17(23)6-5-16(22)14(10-26-7-8-28)18(24)13-4-3-12(20)9-15(13)21;1-2/h3-6,9-11,24,28H,7-8,22H2,1-2H3,(H3,23,25,27);2H,1H3/b6-5-,16-14+,24-18?,26-10?;. The van der Waals surface area contributed by atoms with Crippen LogP contribution in [0.25, 0.3) is 0 Å². The van der Waals surface area contributed by atoms with Gasteiger partial charge in [-0.2, -0.15) is 12.6 Å². The number of halogens is 2. The Bertz CT molecular complexity index is 863. The van der Waals surface area contributed by atoms with E-state index in [1.54, 1.807) is 6.26 Å². The summed E-state index contributed by atoms with van der Waals surface area (Å²) in [5, 5.41) is 24.9. The Labute approximate surface area is 180 Å². The number of amidine groups is 2. The molecule has 1 rings (SSSR count). The van der Waals surface area contributed by atoms with Gasteiger partial charge >= 0.3 is 0 Å². The first-order valence-electron chi connectivity index (χ1n) is 8.87. The van der Waals surface area contributed by atoms with Crippen LogP contribution in [0.5, 0.6) is 0 Å². The number of thiol groups is 1. The summed E-state index contributed by atoms with van der Waals surface area (Å²) in [7, 11) is 0. The fourth-order valence-electron chi connectivity index (χ4n) is 1.90. The number of aliphatic hydroxyl groups excluding tert-OH is 1. The molecule has 0 saturated carbocycles. The summed E-state index contributed by atoms with van der Waals surface area (Å²) in [5.41, 5.74) is 11.3. The van der Waals surface area contributed by atoms with Crippen molar-refractivity contribution in [1.29, 1.82) is 10.8 Å². The molecule has 0 bridgehead atoms. The molecule has 1 aromatic rings. The summed E-state index contributed by atoms with van der Waals surface area (Å²) in [6.45, 7) is 3.51. The lowest BCUT2D eigenvalue weighted by molar-refractivity contribution is 0.307. The average molecular weight is 439 g/mol. The zero-order chi connectivity index (χ0) is 23.3. The molecule has 164 valence electrons. The van der Waals surface area contributed by atoms with Gasteiger partial charge in [-0.15, -0.1) is 0 Å². The number of hydrogen-bond acceptors (Lipinski definition) is 6. The molecule has 0 radical (unpaired) electrons. The second kappa shape index (κ2) is 14.2. The zero-order valence-electron chi connectivity index (χ0n) is 17.2. The lowest BCUT2D eigenvalue weighted by atomic mass is 10.0. The van der Waals surface area contributed by atoms with Crippen LogP contribution in [0.1, 0.15) is 19.4 Å². The SMILES string of the molecule is CC(C)C(N)=NC(=N)/C=C\C(N)=C(\C=NCCO)C(=N)c1ccc(F)cc1F.CS. The first kappa shape index (κ1) is 27.2. The molecule has 0 spiro atoms. The normalized spacial score (nSPS) is 12.7. The number of nitrogens with zero attached hydrogens (tertiary/aromatic N) is 2. The van der Waals surface area contributed by atoms with Gasteiger partial charge in [0, 0.05) is 35.0 Å². The largest absolute Gasteiger partial charge is 0.398 e. The summed E-state index contributed by atoms with van der Waals surface area (Å²) in [6.07, 6.45) is 5.50. The van der Waals surface area contributed by atoms with Gasteiger partial charge in [0.15, 0.2) is 0 Å². The third-order valence-corrected chi connectivity index (χ3v) is 3.49. The van der Waals surface area contributed by atoms with E-state index in [0.29, 0.717) is 6.07 Å². The van der Waals surface area contributed by atoms with E-state index < -0.39 is 11.6 Å². The van der Waals surface area contributed by atoms with Crippen molar-refractivity contribution >= 4 is 36.2 Å². The molecule has 0 amide bonds. The third kappa shape index (κ3) is 9.10. The molecular weight excluding hydrogens is 410 g/mol. The number of aliphatic imine (C=N–C) groups is 2. The van der Waals surface area contributed by atoms with Gasteiger partial charge < -0.3 is 16.6 Å². The molecule has 7 nitrogen and oxygen atoms in total. The average Bonchev–Trinajstić information content (AvgIpc) is 2.70. The van der Waals surface area contributed by atoms with Crippen LogP contribution in [0, 0.1) is 28.4 Å². The highest BCUT2D eigenvalue weighted by atomic mass is 32.1. The fraction of sp³-hybridized carbons (Fsp3) is 0.300. The van der Waals surface area contributed by atoms with Crippen molar-refractivity contribution in [1.82, 2.24) is 0 Å². The molecule has 0 unspecified atom stereocenters. The molecular formula is C20H28F2N6OS. The van der Waals surface area contributed by atoms with Crippen molar-refractivity contribution in [3.8, 4) is 0 Å². The number of hydrogen-bond donors (Lipinski definition) is 6. The van der Waals surface area contributed by atoms with Gasteiger partial charge in [-0.25, -0.2) is 13.8 Å². The first-order valence-corrected chi connectivity index (χ1v) is 9.77. The van der Waals surface area contributed by atoms with E-state index >= 15 is 0 Å². The van der Waals surface area contributed by atoms with Gasteiger partial charge in [-0.05, 0) is 30.5 Å². The van der Waals surface area contributed by atoms with E-state index in [9.17, 15) is 8.78 Å². The van der Waals surface area contributed by atoms with Crippen LogP contribution < -0.4 is 11.5 Å². The molecule has 0 fully saturated rings. The molecule has 7 N–H and O–H groups in total. The lowest BCUT2D eigenvalue weighted by Crippen LogP contribution is -2.20. The molecule has 10 heteroatoms. The van der Waals surface area contributed by atoms with Crippen molar-refractivity contribution in [2.45, 2.75) is 13.8 Å². The minimum absolute atomic E-state index is 0.0125. The maximum atomic E-state index is 14.0. The van der Waals surface area contributed by atoms with Gasteiger partial charge in [-0.3, -0.25) is 15.8 Å². The van der Waals surface area contributed by atoms with Gasteiger partial charge in [0.2, 0.25) is 0 Å². The number of nitrogens with one attached hydrogen (secondary N) is 2. The Morgan fingerprint density at radius 2 is 1.83 bits per heavy atom. The summed E-state index contributed by atoms with van der Waals surface area (Å²) < 4.78 is 27.2. The van der Waals surface area contributed by atoms with Gasteiger partial charge in [0.25, 0.3) is 0 Å². The number of benzene rings is 1. The maximum Gasteiger partial charge on any atom is 0.146 e. The van der Waals surface area contributed by atoms with Crippen molar-refractivity contribution < 1.29 is 13.9 Å². The van der Waals surface area contributed by atoms with Gasteiger partial charge in [0.05, 0.1) is 18.9 Å². The Kier molecular flexibility index (Phi) is 12.8. The van der Waals surface area contributed by atoms with E-state index in [1.165, 1.54) is 18.4 Å². The van der Waals surface area contributed by atoms with Crippen LogP contribution in [0.2, 0.25) is 0 Å². The Morgan fingerprint density at radius 1 is 1.20 bits per heavy atom. The summed E-state index contributed by atoms with van der Waals surface area (Å²) in [4.78, 5) is 7.82. The molecule has 0 aliphatic rings. The first-order chi connectivity index (χ1) is 14.2. The second-order valence-electron chi connectivity index (χ2n) is 6.04. The smallest absolute Gasteiger partial charge is 0.146 e. The van der Waals surface area contributed by atoms with Crippen LogP contribution in [0.15, 0.2) is 51.6 Å². The van der Waals surface area contributed by atoms with Crippen molar-refractivity contribution in [3.05, 3.63) is 58.8 Å². The van der Waals surface area contributed by atoms with Crippen LogP contribution >= 0.6 is 12.6 Å². The van der Waals surface area contributed by atoms with Crippen LogP contribution in [-0.4, -0.2) is 48.1 Å². The fourth-order valence-corrected chi connectivity index (χ4v) is 1.90. The zero-order valence-corrected chi connectivity index (χ0v) is 18.0. The van der Waals surface area contributed by atoms with E-state index in [-0.39, 0.29) is 53.3 Å². The van der Waals surface area contributed by atoms with E-state index in [4.69, 9.17) is 27.4 Å². The highest BCUT2D eigenvalue weighted by molar-refractivity contribution is 7.79. The number of allylic oxidation sites excluding steroid dienone is 2. The quantitative estimate of drug-likeness (QED) is 0.161. The predicted octanol–water partition coefficient (Wildman–Crippen LogP) is 2.70. The third-order valence-electron chi connectivity index (χ3n) is 3.49. The van der Waals surface area contributed by atoms with Crippen molar-refractivity contribution in [2.75, 3.05) is 19.4 Å². The topological polar surface area (TPSA) is 145 Å².